The van der Waals surface area contributed by atoms with E-state index in [-0.39, 0.29) is 0 Å². The van der Waals surface area contributed by atoms with Crippen LogP contribution in [0.15, 0.2) is 35.2 Å². The summed E-state index contributed by atoms with van der Waals surface area (Å²) in [5.41, 5.74) is 5.80. The van der Waals surface area contributed by atoms with Gasteiger partial charge in [-0.2, -0.15) is 0 Å². The number of thiocarbonyl (C=S) groups is 2. The largest absolute Gasteiger partial charge is 0.370 e. The lowest BCUT2D eigenvalue weighted by Crippen LogP contribution is -3.14. The van der Waals surface area contributed by atoms with Crippen LogP contribution in [0.2, 0.25) is 0 Å². The Kier molecular flexibility index (Phi) is 9.90. The van der Waals surface area contributed by atoms with Crippen LogP contribution in [0, 0.1) is 0 Å². The predicted octanol–water partition coefficient (Wildman–Crippen LogP) is -0.463. The zero-order chi connectivity index (χ0) is 17.7. The van der Waals surface area contributed by atoms with Gasteiger partial charge in [0, 0.05) is 17.2 Å². The SMILES string of the molecule is S=C(NCCSc1ccccc1)NNC(=S)NCC[NH+]1CCOCC1. The Morgan fingerprint density at radius 1 is 1.00 bits per heavy atom. The standard InChI is InChI=1S/C16H25N5OS3/c23-15(17-6-8-21-9-11-22-12-10-21)19-20-16(24)18-7-13-25-14-4-2-1-3-5-14/h1-5H,6-13H2,(H2,17,19,23)(H2,18,20,24)/p+1. The van der Waals surface area contributed by atoms with Crippen molar-refractivity contribution in [2.24, 2.45) is 0 Å². The molecule has 1 aromatic carbocycles. The Labute approximate surface area is 164 Å². The molecule has 0 radical (unpaired) electrons. The first kappa shape index (κ1) is 20.2. The van der Waals surface area contributed by atoms with Gasteiger partial charge >= 0.3 is 0 Å². The number of rotatable bonds is 7. The van der Waals surface area contributed by atoms with Crippen LogP contribution in [0.5, 0.6) is 0 Å². The van der Waals surface area contributed by atoms with E-state index in [0.29, 0.717) is 10.2 Å². The predicted molar refractivity (Wildman–Crippen MR) is 111 cm³/mol. The first-order valence-electron chi connectivity index (χ1n) is 8.41. The highest BCUT2D eigenvalue weighted by atomic mass is 32.2. The number of benzene rings is 1. The molecule has 25 heavy (non-hydrogen) atoms. The molecule has 0 unspecified atom stereocenters. The Morgan fingerprint density at radius 2 is 1.64 bits per heavy atom. The lowest BCUT2D eigenvalue weighted by atomic mass is 10.4. The number of hydrogen-bond donors (Lipinski definition) is 5. The van der Waals surface area contributed by atoms with Crippen molar-refractivity contribution in [1.29, 1.82) is 0 Å². The summed E-state index contributed by atoms with van der Waals surface area (Å²) in [5.74, 6) is 0.941. The Bertz CT molecular complexity index is 526. The summed E-state index contributed by atoms with van der Waals surface area (Å²) in [6.45, 7) is 6.48. The molecule has 1 aliphatic rings. The van der Waals surface area contributed by atoms with Crippen LogP contribution in [0.4, 0.5) is 0 Å². The lowest BCUT2D eigenvalue weighted by Gasteiger charge is -2.24. The summed E-state index contributed by atoms with van der Waals surface area (Å²) in [4.78, 5) is 2.80. The summed E-state index contributed by atoms with van der Waals surface area (Å²) < 4.78 is 5.35. The molecule has 0 aromatic heterocycles. The van der Waals surface area contributed by atoms with Crippen LogP contribution in [-0.2, 0) is 4.74 Å². The van der Waals surface area contributed by atoms with Gasteiger partial charge < -0.3 is 20.3 Å². The first-order valence-corrected chi connectivity index (χ1v) is 10.2. The van der Waals surface area contributed by atoms with Gasteiger partial charge in [0.05, 0.1) is 26.3 Å². The molecule has 1 aliphatic heterocycles. The molecule has 2 rings (SSSR count). The molecule has 5 N–H and O–H groups in total. The molecule has 1 saturated heterocycles. The molecule has 0 bridgehead atoms. The van der Waals surface area contributed by atoms with Crippen LogP contribution in [0.25, 0.3) is 0 Å². The van der Waals surface area contributed by atoms with Gasteiger partial charge in [0.15, 0.2) is 10.2 Å². The molecule has 1 fully saturated rings. The van der Waals surface area contributed by atoms with Crippen molar-refractivity contribution in [3.05, 3.63) is 30.3 Å². The third-order valence-corrected chi connectivity index (χ3v) is 5.16. The van der Waals surface area contributed by atoms with Crippen molar-refractivity contribution in [2.75, 3.05) is 51.7 Å². The van der Waals surface area contributed by atoms with Gasteiger partial charge in [-0.05, 0) is 36.6 Å². The van der Waals surface area contributed by atoms with E-state index in [4.69, 9.17) is 29.2 Å². The maximum absolute atomic E-state index is 5.35. The minimum absolute atomic E-state index is 0.539. The smallest absolute Gasteiger partial charge is 0.185 e. The number of nitrogens with one attached hydrogen (secondary N) is 5. The van der Waals surface area contributed by atoms with Crippen LogP contribution in [0.3, 0.4) is 0 Å². The molecule has 0 atom stereocenters. The van der Waals surface area contributed by atoms with Crippen molar-refractivity contribution < 1.29 is 9.64 Å². The van der Waals surface area contributed by atoms with E-state index < -0.39 is 0 Å². The molecular formula is C16H26N5OS3+. The number of ether oxygens (including phenoxy) is 1. The number of quaternary nitrogens is 1. The molecule has 9 heteroatoms. The van der Waals surface area contributed by atoms with Crippen molar-refractivity contribution >= 4 is 46.4 Å². The quantitative estimate of drug-likeness (QED) is 0.182. The van der Waals surface area contributed by atoms with E-state index in [9.17, 15) is 0 Å². The van der Waals surface area contributed by atoms with E-state index in [0.717, 1.165) is 51.7 Å². The number of hydrazine groups is 1. The summed E-state index contributed by atoms with van der Waals surface area (Å²) in [5, 5.41) is 7.42. The van der Waals surface area contributed by atoms with Gasteiger partial charge in [-0.1, -0.05) is 18.2 Å². The van der Waals surface area contributed by atoms with Crippen molar-refractivity contribution in [3.63, 3.8) is 0 Å². The summed E-state index contributed by atoms with van der Waals surface area (Å²) in [6, 6.07) is 10.3. The fourth-order valence-corrected chi connectivity index (χ4v) is 3.41. The highest BCUT2D eigenvalue weighted by Gasteiger charge is 2.12. The molecule has 6 nitrogen and oxygen atoms in total. The number of thioether (sulfide) groups is 1. The highest BCUT2D eigenvalue weighted by molar-refractivity contribution is 7.99. The number of morpholine rings is 1. The van der Waals surface area contributed by atoms with Crippen molar-refractivity contribution in [3.8, 4) is 0 Å². The van der Waals surface area contributed by atoms with Crippen LogP contribution in [-0.4, -0.2) is 61.9 Å². The molecule has 1 heterocycles. The van der Waals surface area contributed by atoms with Crippen LogP contribution < -0.4 is 26.4 Å². The summed E-state index contributed by atoms with van der Waals surface area (Å²) in [7, 11) is 0. The molecule has 0 aliphatic carbocycles. The lowest BCUT2D eigenvalue weighted by molar-refractivity contribution is -0.906. The zero-order valence-corrected chi connectivity index (χ0v) is 16.6. The second-order valence-corrected chi connectivity index (χ2v) is 7.52. The average molecular weight is 401 g/mol. The molecule has 1 aromatic rings. The van der Waals surface area contributed by atoms with Gasteiger partial charge in [-0.25, -0.2) is 0 Å². The van der Waals surface area contributed by atoms with Crippen LogP contribution in [0.1, 0.15) is 0 Å². The summed E-state index contributed by atoms with van der Waals surface area (Å²) in [6.07, 6.45) is 0. The van der Waals surface area contributed by atoms with Crippen LogP contribution >= 0.6 is 36.2 Å². The fourth-order valence-electron chi connectivity index (χ4n) is 2.31. The molecule has 0 saturated carbocycles. The number of hydrogen-bond acceptors (Lipinski definition) is 4. The molecule has 0 spiro atoms. The maximum atomic E-state index is 5.35. The van der Waals surface area contributed by atoms with Crippen molar-refractivity contribution in [1.82, 2.24) is 21.5 Å². The Hall–Kier alpha value is -1.13. The molecular weight excluding hydrogens is 374 g/mol. The minimum Gasteiger partial charge on any atom is -0.370 e. The average Bonchev–Trinajstić information content (AvgIpc) is 2.65. The van der Waals surface area contributed by atoms with Gasteiger partial charge in [-0.15, -0.1) is 11.8 Å². The molecule has 138 valence electrons. The summed E-state index contributed by atoms with van der Waals surface area (Å²) >= 11 is 12.2. The fraction of sp³-hybridized carbons (Fsp3) is 0.500. The topological polar surface area (TPSA) is 61.8 Å². The third-order valence-electron chi connectivity index (χ3n) is 3.65. The first-order chi connectivity index (χ1) is 12.2. The normalized spacial score (nSPS) is 14.6. The van der Waals surface area contributed by atoms with E-state index >= 15 is 0 Å². The van der Waals surface area contributed by atoms with Gasteiger partial charge in [0.1, 0.15) is 13.1 Å². The van der Waals surface area contributed by atoms with Gasteiger partial charge in [0.25, 0.3) is 0 Å². The zero-order valence-electron chi connectivity index (χ0n) is 14.2. The Balaban J connectivity index is 1.45. The highest BCUT2D eigenvalue weighted by Crippen LogP contribution is 2.15. The van der Waals surface area contributed by atoms with Crippen molar-refractivity contribution in [2.45, 2.75) is 4.90 Å². The maximum Gasteiger partial charge on any atom is 0.185 e. The monoisotopic (exact) mass is 400 g/mol. The van der Waals surface area contributed by atoms with E-state index in [1.165, 1.54) is 4.90 Å². The van der Waals surface area contributed by atoms with Gasteiger partial charge in [-0.3, -0.25) is 10.9 Å². The van der Waals surface area contributed by atoms with E-state index in [1.54, 1.807) is 16.7 Å². The minimum atomic E-state index is 0.539. The second kappa shape index (κ2) is 12.3. The third kappa shape index (κ3) is 9.22. The Morgan fingerprint density at radius 3 is 2.32 bits per heavy atom. The van der Waals surface area contributed by atoms with E-state index in [1.807, 2.05) is 18.2 Å². The second-order valence-electron chi connectivity index (χ2n) is 5.54. The van der Waals surface area contributed by atoms with E-state index in [2.05, 4.69) is 33.6 Å². The molecule has 0 amide bonds. The van der Waals surface area contributed by atoms with Gasteiger partial charge in [0.2, 0.25) is 0 Å².